The molecule has 0 bridgehead atoms. The van der Waals surface area contributed by atoms with E-state index < -0.39 is 28.5 Å². The maximum Gasteiger partial charge on any atom is 0.264 e. The molecule has 0 aliphatic rings. The van der Waals surface area contributed by atoms with Crippen LogP contribution < -0.4 is 14.4 Å². The van der Waals surface area contributed by atoms with Crippen LogP contribution in [0.4, 0.5) is 5.69 Å². The zero-order chi connectivity index (χ0) is 30.9. The molecular weight excluding hydrogens is 574 g/mol. The zero-order valence-corrected chi connectivity index (χ0v) is 26.4. The second kappa shape index (κ2) is 15.1. The summed E-state index contributed by atoms with van der Waals surface area (Å²) in [5.74, 6) is -0.205. The Morgan fingerprint density at radius 3 is 2.14 bits per heavy atom. The van der Waals surface area contributed by atoms with Crippen molar-refractivity contribution in [2.24, 2.45) is 0 Å². The molecule has 10 heteroatoms. The predicted octanol–water partition coefficient (Wildman–Crippen LogP) is 5.96. The molecule has 0 spiro atoms. The minimum atomic E-state index is -4.20. The van der Waals surface area contributed by atoms with E-state index >= 15 is 0 Å². The molecule has 0 aliphatic heterocycles. The lowest BCUT2D eigenvalue weighted by Crippen LogP contribution is -2.53. The monoisotopic (exact) mass is 613 g/mol. The largest absolute Gasteiger partial charge is 0.494 e. The Morgan fingerprint density at radius 2 is 1.57 bits per heavy atom. The van der Waals surface area contributed by atoms with Gasteiger partial charge in [-0.3, -0.25) is 13.9 Å². The lowest BCUT2D eigenvalue weighted by Gasteiger charge is -2.34. The first-order valence-electron chi connectivity index (χ1n) is 14.2. The molecule has 2 amide bonds. The Labute approximate surface area is 254 Å². The van der Waals surface area contributed by atoms with Crippen molar-refractivity contribution in [3.8, 4) is 5.75 Å². The van der Waals surface area contributed by atoms with Crippen molar-refractivity contribution in [1.82, 2.24) is 10.2 Å². The van der Waals surface area contributed by atoms with Crippen molar-refractivity contribution < 1.29 is 22.7 Å². The van der Waals surface area contributed by atoms with Gasteiger partial charge >= 0.3 is 0 Å². The number of ether oxygens (including phenoxy) is 1. The van der Waals surface area contributed by atoms with Gasteiger partial charge in [-0.15, -0.1) is 0 Å². The molecule has 3 aromatic rings. The minimum Gasteiger partial charge on any atom is -0.494 e. The van der Waals surface area contributed by atoms with Crippen LogP contribution in [-0.2, 0) is 26.2 Å². The Hall–Kier alpha value is -3.56. The quantitative estimate of drug-likeness (QED) is 0.242. The normalized spacial score (nSPS) is 12.7. The number of carbonyl (C=O) groups excluding carboxylic acids is 2. The smallest absolute Gasteiger partial charge is 0.264 e. The summed E-state index contributed by atoms with van der Waals surface area (Å²) in [6.45, 7) is 9.60. The number of nitrogens with zero attached hydrogens (tertiary/aromatic N) is 2. The van der Waals surface area contributed by atoms with E-state index in [4.69, 9.17) is 16.3 Å². The first-order chi connectivity index (χ1) is 20.0. The molecule has 3 rings (SSSR count). The average molecular weight is 614 g/mol. The third kappa shape index (κ3) is 8.26. The molecule has 0 aliphatic carbocycles. The number of hydrogen-bond acceptors (Lipinski definition) is 5. The maximum atomic E-state index is 14.2. The second-order valence-electron chi connectivity index (χ2n) is 10.1. The molecule has 226 valence electrons. The van der Waals surface area contributed by atoms with Crippen LogP contribution in [0.3, 0.4) is 0 Å². The number of halogens is 1. The number of amides is 2. The van der Waals surface area contributed by atoms with Gasteiger partial charge in [0, 0.05) is 17.6 Å². The van der Waals surface area contributed by atoms with Gasteiger partial charge in [-0.05, 0) is 93.3 Å². The van der Waals surface area contributed by atoms with Gasteiger partial charge in [0.05, 0.1) is 17.2 Å². The van der Waals surface area contributed by atoms with E-state index in [-0.39, 0.29) is 29.1 Å². The highest BCUT2D eigenvalue weighted by Crippen LogP contribution is 2.28. The van der Waals surface area contributed by atoms with E-state index in [0.29, 0.717) is 23.8 Å². The fourth-order valence-corrected chi connectivity index (χ4v) is 6.01. The first-order valence-corrected chi connectivity index (χ1v) is 16.0. The van der Waals surface area contributed by atoms with Gasteiger partial charge in [-0.1, -0.05) is 49.7 Å². The number of nitrogens with one attached hydrogen (secondary N) is 1. The van der Waals surface area contributed by atoms with Crippen LogP contribution in [0.2, 0.25) is 5.02 Å². The van der Waals surface area contributed by atoms with Crippen LogP contribution in [0.25, 0.3) is 0 Å². The molecule has 2 atom stereocenters. The molecule has 8 nitrogen and oxygen atoms in total. The van der Waals surface area contributed by atoms with Gasteiger partial charge in [-0.2, -0.15) is 0 Å². The van der Waals surface area contributed by atoms with Crippen LogP contribution in [0.15, 0.2) is 77.7 Å². The lowest BCUT2D eigenvalue weighted by molar-refractivity contribution is -0.140. The molecule has 1 N–H and O–H groups in total. The van der Waals surface area contributed by atoms with Gasteiger partial charge in [-0.25, -0.2) is 8.42 Å². The Bertz CT molecular complexity index is 1450. The molecule has 0 saturated heterocycles. The van der Waals surface area contributed by atoms with E-state index in [9.17, 15) is 18.0 Å². The Balaban J connectivity index is 2.07. The van der Waals surface area contributed by atoms with Crippen molar-refractivity contribution in [3.05, 3.63) is 88.9 Å². The van der Waals surface area contributed by atoms with Gasteiger partial charge in [0.25, 0.3) is 10.0 Å². The zero-order valence-electron chi connectivity index (χ0n) is 24.8. The summed E-state index contributed by atoms with van der Waals surface area (Å²) < 4.78 is 34.6. The molecule has 0 unspecified atom stereocenters. The predicted molar refractivity (Wildman–Crippen MR) is 167 cm³/mol. The fourth-order valence-electron chi connectivity index (χ4n) is 4.47. The van der Waals surface area contributed by atoms with Crippen molar-refractivity contribution in [2.45, 2.75) is 71.0 Å². The maximum absolute atomic E-state index is 14.2. The summed E-state index contributed by atoms with van der Waals surface area (Å²) in [6.07, 6.45) is 1.09. The van der Waals surface area contributed by atoms with Crippen LogP contribution in [0.5, 0.6) is 5.75 Å². The van der Waals surface area contributed by atoms with Gasteiger partial charge in [0.2, 0.25) is 11.8 Å². The highest BCUT2D eigenvalue weighted by molar-refractivity contribution is 7.92. The number of aryl methyl sites for hydroxylation is 1. The van der Waals surface area contributed by atoms with Crippen molar-refractivity contribution >= 4 is 39.1 Å². The van der Waals surface area contributed by atoms with Crippen LogP contribution in [0.1, 0.15) is 51.7 Å². The minimum absolute atomic E-state index is 0.0133. The van der Waals surface area contributed by atoms with Crippen LogP contribution >= 0.6 is 11.6 Å². The number of benzene rings is 3. The fraction of sp³-hybridized carbons (Fsp3) is 0.375. The Morgan fingerprint density at radius 1 is 0.929 bits per heavy atom. The van der Waals surface area contributed by atoms with Crippen LogP contribution in [0, 0.1) is 6.92 Å². The topological polar surface area (TPSA) is 96.0 Å². The van der Waals surface area contributed by atoms with Gasteiger partial charge < -0.3 is 15.0 Å². The standard InChI is InChI=1S/C32H40ClN3O5S/c1-6-24(5)34-32(38)30(7-2)35(21-25-12-10-9-11-23(25)4)31(37)22-36(27-15-17-28(18-16-27)41-8-3)42(39,40)29-19-13-26(33)14-20-29/h9-20,24,30H,6-8,21-22H2,1-5H3,(H,34,38)/t24-,30-/m0/s1. The van der Waals surface area contributed by atoms with Crippen molar-refractivity contribution in [3.63, 3.8) is 0 Å². The van der Waals surface area contributed by atoms with E-state index in [1.165, 1.54) is 29.2 Å². The average Bonchev–Trinajstić information content (AvgIpc) is 2.97. The summed E-state index contributed by atoms with van der Waals surface area (Å²) in [4.78, 5) is 29.1. The highest BCUT2D eigenvalue weighted by atomic mass is 35.5. The van der Waals surface area contributed by atoms with E-state index in [0.717, 1.165) is 21.9 Å². The lowest BCUT2D eigenvalue weighted by atomic mass is 10.1. The SMILES string of the molecule is CCOc1ccc(N(CC(=O)N(Cc2ccccc2C)[C@@H](CC)C(=O)N[C@@H](C)CC)S(=O)(=O)c2ccc(Cl)cc2)cc1. The summed E-state index contributed by atoms with van der Waals surface area (Å²) in [5, 5.41) is 3.38. The summed E-state index contributed by atoms with van der Waals surface area (Å²) in [7, 11) is -4.20. The highest BCUT2D eigenvalue weighted by Gasteiger charge is 2.34. The van der Waals surface area contributed by atoms with Crippen LogP contribution in [-0.4, -0.2) is 50.4 Å². The van der Waals surface area contributed by atoms with Gasteiger partial charge in [0.1, 0.15) is 18.3 Å². The third-order valence-electron chi connectivity index (χ3n) is 7.11. The van der Waals surface area contributed by atoms with Gasteiger partial charge in [0.15, 0.2) is 0 Å². The molecule has 0 fully saturated rings. The Kier molecular flexibility index (Phi) is 11.8. The summed E-state index contributed by atoms with van der Waals surface area (Å²) in [6, 6.07) is 19.1. The number of carbonyl (C=O) groups is 2. The molecular formula is C32H40ClN3O5S. The molecule has 42 heavy (non-hydrogen) atoms. The van der Waals surface area contributed by atoms with E-state index in [2.05, 4.69) is 5.32 Å². The van der Waals surface area contributed by atoms with E-state index in [1.54, 1.807) is 24.3 Å². The summed E-state index contributed by atoms with van der Waals surface area (Å²) >= 11 is 6.03. The van der Waals surface area contributed by atoms with Crippen molar-refractivity contribution in [1.29, 1.82) is 0 Å². The molecule has 0 radical (unpaired) electrons. The number of hydrogen-bond donors (Lipinski definition) is 1. The third-order valence-corrected chi connectivity index (χ3v) is 9.15. The van der Waals surface area contributed by atoms with Crippen molar-refractivity contribution in [2.75, 3.05) is 17.5 Å². The van der Waals surface area contributed by atoms with E-state index in [1.807, 2.05) is 58.9 Å². The molecule has 0 saturated carbocycles. The number of sulfonamides is 1. The number of rotatable bonds is 14. The summed E-state index contributed by atoms with van der Waals surface area (Å²) in [5.41, 5.74) is 2.12. The number of anilines is 1. The first kappa shape index (κ1) is 32.9. The molecule has 0 aromatic heterocycles. The molecule has 0 heterocycles. The molecule has 3 aromatic carbocycles. The second-order valence-corrected chi connectivity index (χ2v) is 12.4.